The van der Waals surface area contributed by atoms with E-state index >= 15 is 0 Å². The van der Waals surface area contributed by atoms with Crippen LogP contribution in [-0.4, -0.2) is 29.6 Å². The maximum Gasteiger partial charge on any atom is 0.337 e. The van der Waals surface area contributed by atoms with Crippen molar-refractivity contribution < 1.29 is 24.0 Å². The normalized spacial score (nSPS) is 16.3. The molecule has 0 radical (unpaired) electrons. The number of dihydropyridines is 1. The van der Waals surface area contributed by atoms with E-state index in [-0.39, 0.29) is 29.5 Å². The lowest BCUT2D eigenvalue weighted by molar-refractivity contribution is -0.384. The minimum absolute atomic E-state index is 0.0196. The van der Waals surface area contributed by atoms with E-state index < -0.39 is 22.8 Å². The van der Waals surface area contributed by atoms with Crippen LogP contribution in [0.5, 0.6) is 0 Å². The Labute approximate surface area is 175 Å². The second kappa shape index (κ2) is 9.39. The predicted molar refractivity (Wildman–Crippen MR) is 111 cm³/mol. The molecule has 0 saturated carbocycles. The highest BCUT2D eigenvalue weighted by Crippen LogP contribution is 2.40. The van der Waals surface area contributed by atoms with Crippen LogP contribution in [-0.2, 0) is 19.1 Å². The van der Waals surface area contributed by atoms with Crippen LogP contribution in [0, 0.1) is 10.1 Å². The molecule has 1 unspecified atom stereocenters. The number of esters is 2. The zero-order valence-electron chi connectivity index (χ0n) is 17.8. The summed E-state index contributed by atoms with van der Waals surface area (Å²) in [6.07, 6.45) is -0.380. The van der Waals surface area contributed by atoms with E-state index in [1.54, 1.807) is 40.7 Å². The summed E-state index contributed by atoms with van der Waals surface area (Å²) in [6, 6.07) is 5.86. The minimum Gasteiger partial charge on any atom is -0.460 e. The van der Waals surface area contributed by atoms with Crippen molar-refractivity contribution in [2.24, 2.45) is 0 Å². The monoisotopic (exact) mass is 414 g/mol. The molecule has 1 aliphatic heterocycles. The Kier molecular flexibility index (Phi) is 7.15. The van der Waals surface area contributed by atoms with Crippen LogP contribution >= 0.6 is 0 Å². The van der Waals surface area contributed by atoms with Gasteiger partial charge < -0.3 is 14.8 Å². The molecule has 1 N–H and O–H groups in total. The number of nitrogens with zero attached hydrogens (tertiary/aromatic N) is 1. The number of ether oxygens (including phenoxy) is 2. The zero-order valence-corrected chi connectivity index (χ0v) is 17.8. The van der Waals surface area contributed by atoms with Crippen molar-refractivity contribution in [3.05, 3.63) is 74.6 Å². The molecule has 0 aliphatic carbocycles. The lowest BCUT2D eigenvalue weighted by atomic mass is 9.80. The first-order valence-electron chi connectivity index (χ1n) is 9.48. The third kappa shape index (κ3) is 5.14. The van der Waals surface area contributed by atoms with Crippen LogP contribution < -0.4 is 5.32 Å². The SMILES string of the molecule is C=C(C)COC(=O)C1=C(C)NC(C)=C(C(=O)OC(C)C)C1c1cccc([N+](=O)[O-])c1. The first kappa shape index (κ1) is 22.9. The standard InChI is InChI=1S/C22H26N2O6/c1-12(2)11-29-21(25)18-14(5)23-15(6)19(22(26)30-13(3)4)20(18)16-8-7-9-17(10-16)24(27)28/h7-10,13,20,23H,1,11H2,2-6H3. The van der Waals surface area contributed by atoms with Gasteiger partial charge in [0.15, 0.2) is 0 Å². The molecule has 1 aromatic carbocycles. The Hall–Kier alpha value is -3.42. The molecule has 0 amide bonds. The molecule has 1 aromatic rings. The largest absolute Gasteiger partial charge is 0.460 e. The molecule has 0 bridgehead atoms. The van der Waals surface area contributed by atoms with Crippen LogP contribution in [0.15, 0.2) is 59.0 Å². The van der Waals surface area contributed by atoms with Gasteiger partial charge in [0.1, 0.15) is 6.61 Å². The number of carbonyl (C=O) groups is 2. The van der Waals surface area contributed by atoms with Crippen molar-refractivity contribution >= 4 is 17.6 Å². The minimum atomic E-state index is -0.880. The van der Waals surface area contributed by atoms with Crippen molar-refractivity contribution in [1.29, 1.82) is 0 Å². The van der Waals surface area contributed by atoms with Gasteiger partial charge in [0.2, 0.25) is 0 Å². The van der Waals surface area contributed by atoms with Gasteiger partial charge in [-0.1, -0.05) is 18.7 Å². The van der Waals surface area contributed by atoms with Crippen LogP contribution in [0.25, 0.3) is 0 Å². The van der Waals surface area contributed by atoms with E-state index in [9.17, 15) is 19.7 Å². The second-order valence-electron chi connectivity index (χ2n) is 7.47. The Morgan fingerprint density at radius 1 is 1.20 bits per heavy atom. The van der Waals surface area contributed by atoms with Crippen LogP contribution in [0.3, 0.4) is 0 Å². The lowest BCUT2D eigenvalue weighted by Gasteiger charge is -2.30. The summed E-state index contributed by atoms with van der Waals surface area (Å²) in [5.74, 6) is -2.12. The topological polar surface area (TPSA) is 108 Å². The fraction of sp³-hybridized carbons (Fsp3) is 0.364. The zero-order chi connectivity index (χ0) is 22.6. The summed E-state index contributed by atoms with van der Waals surface area (Å²) < 4.78 is 10.7. The number of nitro groups is 1. The van der Waals surface area contributed by atoms with E-state index in [1.807, 2.05) is 0 Å². The van der Waals surface area contributed by atoms with E-state index in [0.717, 1.165) is 0 Å². The third-order valence-corrected chi connectivity index (χ3v) is 4.41. The highest BCUT2D eigenvalue weighted by atomic mass is 16.6. The smallest absolute Gasteiger partial charge is 0.337 e. The number of hydrogen-bond acceptors (Lipinski definition) is 7. The van der Waals surface area contributed by atoms with Crippen molar-refractivity contribution in [3.8, 4) is 0 Å². The summed E-state index contributed by atoms with van der Waals surface area (Å²) in [5, 5.41) is 14.3. The van der Waals surface area contributed by atoms with Gasteiger partial charge in [-0.05, 0) is 45.8 Å². The van der Waals surface area contributed by atoms with Crippen LogP contribution in [0.4, 0.5) is 5.69 Å². The van der Waals surface area contributed by atoms with Gasteiger partial charge >= 0.3 is 11.9 Å². The maximum absolute atomic E-state index is 12.9. The molecule has 30 heavy (non-hydrogen) atoms. The van der Waals surface area contributed by atoms with Gasteiger partial charge in [-0.3, -0.25) is 10.1 Å². The van der Waals surface area contributed by atoms with E-state index in [2.05, 4.69) is 11.9 Å². The number of carbonyl (C=O) groups excluding carboxylic acids is 2. The molecule has 8 nitrogen and oxygen atoms in total. The number of nitrogens with one attached hydrogen (secondary N) is 1. The van der Waals surface area contributed by atoms with E-state index in [1.165, 1.54) is 18.2 Å². The molecule has 1 aliphatic rings. The summed E-state index contributed by atoms with van der Waals surface area (Å²) in [6.45, 7) is 12.3. The third-order valence-electron chi connectivity index (χ3n) is 4.41. The van der Waals surface area contributed by atoms with Crippen LogP contribution in [0.2, 0.25) is 0 Å². The van der Waals surface area contributed by atoms with E-state index in [4.69, 9.17) is 9.47 Å². The number of hydrogen-bond donors (Lipinski definition) is 1. The lowest BCUT2D eigenvalue weighted by Crippen LogP contribution is -2.33. The Bertz CT molecular complexity index is 958. The number of benzene rings is 1. The summed E-state index contributed by atoms with van der Waals surface area (Å²) >= 11 is 0. The first-order valence-corrected chi connectivity index (χ1v) is 9.48. The number of rotatable bonds is 7. The molecule has 0 spiro atoms. The number of allylic oxidation sites excluding steroid dienone is 2. The fourth-order valence-corrected chi connectivity index (χ4v) is 3.23. The Morgan fingerprint density at radius 2 is 1.80 bits per heavy atom. The Morgan fingerprint density at radius 3 is 2.33 bits per heavy atom. The molecule has 2 rings (SSSR count). The molecule has 1 atom stereocenters. The average molecular weight is 414 g/mol. The first-order chi connectivity index (χ1) is 14.0. The van der Waals surface area contributed by atoms with Crippen molar-refractivity contribution in [3.63, 3.8) is 0 Å². The molecule has 0 aromatic heterocycles. The number of nitro benzene ring substituents is 1. The average Bonchev–Trinajstić information content (AvgIpc) is 2.64. The van der Waals surface area contributed by atoms with Gasteiger partial charge in [0.05, 0.1) is 28.1 Å². The van der Waals surface area contributed by atoms with Crippen molar-refractivity contribution in [1.82, 2.24) is 5.32 Å². The van der Waals surface area contributed by atoms with Gasteiger partial charge in [-0.15, -0.1) is 0 Å². The summed E-state index contributed by atoms with van der Waals surface area (Å²) in [4.78, 5) is 36.6. The molecule has 0 saturated heterocycles. The molecule has 8 heteroatoms. The molecule has 0 fully saturated rings. The molecule has 160 valence electrons. The predicted octanol–water partition coefficient (Wildman–Crippen LogP) is 3.90. The van der Waals surface area contributed by atoms with Crippen LogP contribution in [0.1, 0.15) is 46.1 Å². The van der Waals surface area contributed by atoms with E-state index in [0.29, 0.717) is 22.5 Å². The van der Waals surface area contributed by atoms with Gasteiger partial charge in [-0.25, -0.2) is 9.59 Å². The van der Waals surface area contributed by atoms with Crippen molar-refractivity contribution in [2.75, 3.05) is 6.61 Å². The summed E-state index contributed by atoms with van der Waals surface area (Å²) in [7, 11) is 0. The highest BCUT2D eigenvalue weighted by Gasteiger charge is 2.38. The number of non-ortho nitro benzene ring substituents is 1. The second-order valence-corrected chi connectivity index (χ2v) is 7.47. The summed E-state index contributed by atoms with van der Waals surface area (Å²) in [5.41, 5.74) is 2.33. The highest BCUT2D eigenvalue weighted by molar-refractivity contribution is 6.00. The van der Waals surface area contributed by atoms with Gasteiger partial charge in [0.25, 0.3) is 5.69 Å². The fourth-order valence-electron chi connectivity index (χ4n) is 3.23. The van der Waals surface area contributed by atoms with Crippen molar-refractivity contribution in [2.45, 2.75) is 46.6 Å². The maximum atomic E-state index is 12.9. The molecular formula is C22H26N2O6. The Balaban J connectivity index is 2.64. The quantitative estimate of drug-likeness (QED) is 0.312. The molecular weight excluding hydrogens is 388 g/mol. The van der Waals surface area contributed by atoms with Gasteiger partial charge in [-0.2, -0.15) is 0 Å². The van der Waals surface area contributed by atoms with Gasteiger partial charge in [0, 0.05) is 23.5 Å². The molecule has 1 heterocycles.